The number of anilines is 2. The summed E-state index contributed by atoms with van der Waals surface area (Å²) in [5.74, 6) is 1.91. The molecular formula is C20H26N4O3. The minimum absolute atomic E-state index is 0.0746. The number of methoxy groups -OCH3 is 2. The first-order valence-electron chi connectivity index (χ1n) is 8.62. The molecule has 0 aliphatic rings. The number of nitrogens with zero attached hydrogens (tertiary/aromatic N) is 1. The number of rotatable bonds is 7. The first-order chi connectivity index (χ1) is 13.0. The number of hydrogen-bond acceptors (Lipinski definition) is 4. The highest BCUT2D eigenvalue weighted by molar-refractivity contribution is 5.93. The summed E-state index contributed by atoms with van der Waals surface area (Å²) in [6.07, 6.45) is 0.826. The maximum atomic E-state index is 11.0. The Labute approximate surface area is 159 Å². The Balaban J connectivity index is 1.88. The zero-order valence-corrected chi connectivity index (χ0v) is 16.1. The van der Waals surface area contributed by atoms with E-state index in [0.29, 0.717) is 24.0 Å². The third kappa shape index (κ3) is 6.22. The van der Waals surface area contributed by atoms with Crippen LogP contribution in [0.2, 0.25) is 0 Å². The van der Waals surface area contributed by atoms with E-state index >= 15 is 0 Å². The molecule has 0 bridgehead atoms. The van der Waals surface area contributed by atoms with Crippen LogP contribution >= 0.6 is 0 Å². The Morgan fingerprint density at radius 3 is 2.22 bits per heavy atom. The van der Waals surface area contributed by atoms with Crippen LogP contribution in [0.3, 0.4) is 0 Å². The van der Waals surface area contributed by atoms with Crippen molar-refractivity contribution in [2.24, 2.45) is 4.99 Å². The molecule has 0 aliphatic heterocycles. The van der Waals surface area contributed by atoms with E-state index in [1.165, 1.54) is 6.92 Å². The second-order valence-electron chi connectivity index (χ2n) is 5.82. The van der Waals surface area contributed by atoms with Crippen molar-refractivity contribution in [2.45, 2.75) is 13.3 Å². The van der Waals surface area contributed by atoms with Gasteiger partial charge in [0.05, 0.1) is 14.2 Å². The Hall–Kier alpha value is -3.22. The molecule has 144 valence electrons. The van der Waals surface area contributed by atoms with Crippen LogP contribution in [0, 0.1) is 0 Å². The molecule has 7 nitrogen and oxygen atoms in total. The second-order valence-corrected chi connectivity index (χ2v) is 5.82. The van der Waals surface area contributed by atoms with Gasteiger partial charge >= 0.3 is 0 Å². The molecule has 0 unspecified atom stereocenters. The van der Waals surface area contributed by atoms with Crippen LogP contribution in [-0.4, -0.2) is 39.7 Å². The highest BCUT2D eigenvalue weighted by Gasteiger charge is 2.06. The number of guanidine groups is 1. The van der Waals surface area contributed by atoms with E-state index in [0.717, 1.165) is 23.4 Å². The Bertz CT molecular complexity index is 788. The van der Waals surface area contributed by atoms with Crippen molar-refractivity contribution < 1.29 is 14.3 Å². The molecule has 3 N–H and O–H groups in total. The van der Waals surface area contributed by atoms with Crippen molar-refractivity contribution in [3.8, 4) is 11.5 Å². The fourth-order valence-electron chi connectivity index (χ4n) is 2.51. The maximum absolute atomic E-state index is 11.0. The highest BCUT2D eigenvalue weighted by atomic mass is 16.5. The van der Waals surface area contributed by atoms with Crippen LogP contribution in [0.1, 0.15) is 12.5 Å². The first-order valence-corrected chi connectivity index (χ1v) is 8.62. The molecule has 1 amide bonds. The number of ether oxygens (including phenoxy) is 2. The molecular weight excluding hydrogens is 344 g/mol. The lowest BCUT2D eigenvalue weighted by Crippen LogP contribution is -2.32. The van der Waals surface area contributed by atoms with Gasteiger partial charge in [0.15, 0.2) is 17.5 Å². The molecule has 0 saturated carbocycles. The normalized spacial score (nSPS) is 10.9. The monoisotopic (exact) mass is 370 g/mol. The molecule has 0 spiro atoms. The minimum atomic E-state index is -0.0746. The van der Waals surface area contributed by atoms with Gasteiger partial charge in [0.2, 0.25) is 5.91 Å². The summed E-state index contributed by atoms with van der Waals surface area (Å²) >= 11 is 0. The smallest absolute Gasteiger partial charge is 0.221 e. The fourth-order valence-corrected chi connectivity index (χ4v) is 2.51. The Kier molecular flexibility index (Phi) is 7.49. The van der Waals surface area contributed by atoms with Crippen LogP contribution in [0.15, 0.2) is 47.5 Å². The molecule has 0 radical (unpaired) electrons. The third-order valence-corrected chi connectivity index (χ3v) is 3.85. The van der Waals surface area contributed by atoms with Crippen molar-refractivity contribution >= 4 is 23.2 Å². The van der Waals surface area contributed by atoms with E-state index in [-0.39, 0.29) is 5.91 Å². The summed E-state index contributed by atoms with van der Waals surface area (Å²) in [5, 5.41) is 9.26. The quantitative estimate of drug-likeness (QED) is 0.516. The third-order valence-electron chi connectivity index (χ3n) is 3.85. The van der Waals surface area contributed by atoms with Gasteiger partial charge in [-0.05, 0) is 36.2 Å². The van der Waals surface area contributed by atoms with Gasteiger partial charge in [0.1, 0.15) is 0 Å². The lowest BCUT2D eigenvalue weighted by Gasteiger charge is -2.14. The zero-order valence-electron chi connectivity index (χ0n) is 16.1. The van der Waals surface area contributed by atoms with Crippen LogP contribution in [0.5, 0.6) is 11.5 Å². The van der Waals surface area contributed by atoms with Gasteiger partial charge in [-0.3, -0.25) is 9.79 Å². The number of hydrogen-bond donors (Lipinski definition) is 3. The molecule has 0 aromatic heterocycles. The van der Waals surface area contributed by atoms with Gasteiger partial charge in [-0.2, -0.15) is 0 Å². The van der Waals surface area contributed by atoms with E-state index in [1.807, 2.05) is 42.5 Å². The van der Waals surface area contributed by atoms with Crippen molar-refractivity contribution in [1.29, 1.82) is 0 Å². The van der Waals surface area contributed by atoms with Crippen molar-refractivity contribution in [3.05, 3.63) is 48.0 Å². The van der Waals surface area contributed by atoms with E-state index in [4.69, 9.17) is 9.47 Å². The molecule has 0 fully saturated rings. The van der Waals surface area contributed by atoms with Gasteiger partial charge in [-0.25, -0.2) is 0 Å². The fraction of sp³-hybridized carbons (Fsp3) is 0.300. The summed E-state index contributed by atoms with van der Waals surface area (Å²) in [6, 6.07) is 13.4. The Morgan fingerprint density at radius 2 is 1.63 bits per heavy atom. The minimum Gasteiger partial charge on any atom is -0.493 e. The van der Waals surface area contributed by atoms with Gasteiger partial charge < -0.3 is 25.4 Å². The molecule has 27 heavy (non-hydrogen) atoms. The predicted octanol–water partition coefficient (Wildman–Crippen LogP) is 2.89. The molecule has 0 heterocycles. The molecule has 2 aromatic rings. The van der Waals surface area contributed by atoms with Crippen molar-refractivity contribution in [2.75, 3.05) is 38.4 Å². The van der Waals surface area contributed by atoms with E-state index in [9.17, 15) is 4.79 Å². The van der Waals surface area contributed by atoms with E-state index in [1.54, 1.807) is 21.3 Å². The molecule has 0 saturated heterocycles. The molecule has 2 rings (SSSR count). The molecule has 7 heteroatoms. The number of carbonyl (C=O) groups is 1. The summed E-state index contributed by atoms with van der Waals surface area (Å²) in [4.78, 5) is 15.3. The zero-order chi connectivity index (χ0) is 19.6. The first kappa shape index (κ1) is 20.1. The van der Waals surface area contributed by atoms with Crippen LogP contribution in [0.4, 0.5) is 11.4 Å². The van der Waals surface area contributed by atoms with Crippen LogP contribution in [-0.2, 0) is 11.2 Å². The summed E-state index contributed by atoms with van der Waals surface area (Å²) in [6.45, 7) is 2.21. The SMILES string of the molecule is CN=C(NCCc1ccc(NC(C)=O)cc1)Nc1ccc(OC)c(OC)c1. The van der Waals surface area contributed by atoms with Gasteiger partial charge in [-0.15, -0.1) is 0 Å². The number of nitrogens with one attached hydrogen (secondary N) is 3. The van der Waals surface area contributed by atoms with Crippen molar-refractivity contribution in [3.63, 3.8) is 0 Å². The number of benzene rings is 2. The predicted molar refractivity (Wildman–Crippen MR) is 109 cm³/mol. The lowest BCUT2D eigenvalue weighted by molar-refractivity contribution is -0.114. The maximum Gasteiger partial charge on any atom is 0.221 e. The van der Waals surface area contributed by atoms with Gasteiger partial charge in [0.25, 0.3) is 0 Å². The average Bonchev–Trinajstić information content (AvgIpc) is 2.67. The number of aliphatic imine (C=N–C) groups is 1. The highest BCUT2D eigenvalue weighted by Crippen LogP contribution is 2.29. The molecule has 0 aliphatic carbocycles. The van der Waals surface area contributed by atoms with Gasteiger partial charge in [0, 0.05) is 38.0 Å². The summed E-state index contributed by atoms with van der Waals surface area (Å²) < 4.78 is 10.6. The summed E-state index contributed by atoms with van der Waals surface area (Å²) in [5.41, 5.74) is 2.81. The lowest BCUT2D eigenvalue weighted by atomic mass is 10.1. The topological polar surface area (TPSA) is 84.0 Å². The van der Waals surface area contributed by atoms with E-state index in [2.05, 4.69) is 20.9 Å². The average molecular weight is 370 g/mol. The largest absolute Gasteiger partial charge is 0.493 e. The van der Waals surface area contributed by atoms with Gasteiger partial charge in [-0.1, -0.05) is 12.1 Å². The van der Waals surface area contributed by atoms with Crippen LogP contribution < -0.4 is 25.4 Å². The Morgan fingerprint density at radius 1 is 0.963 bits per heavy atom. The van der Waals surface area contributed by atoms with E-state index < -0.39 is 0 Å². The molecule has 2 aromatic carbocycles. The van der Waals surface area contributed by atoms with Crippen molar-refractivity contribution in [1.82, 2.24) is 5.32 Å². The number of amides is 1. The number of carbonyl (C=O) groups excluding carboxylic acids is 1. The summed E-state index contributed by atoms with van der Waals surface area (Å²) in [7, 11) is 4.93. The molecule has 0 atom stereocenters. The van der Waals surface area contributed by atoms with Crippen LogP contribution in [0.25, 0.3) is 0 Å². The standard InChI is InChI=1S/C20H26N4O3/c1-14(25)23-16-7-5-15(6-8-16)11-12-22-20(21-2)24-17-9-10-18(26-3)19(13-17)27-4/h5-10,13H,11-12H2,1-4H3,(H,23,25)(H2,21,22,24). The second kappa shape index (κ2) is 10.1.